The van der Waals surface area contributed by atoms with Crippen LogP contribution in [0.15, 0.2) is 52.4 Å². The number of hydrogen-bond acceptors (Lipinski definition) is 6. The van der Waals surface area contributed by atoms with Crippen LogP contribution >= 0.6 is 11.8 Å². The summed E-state index contributed by atoms with van der Waals surface area (Å²) >= 11 is 1.15. The van der Waals surface area contributed by atoms with Crippen LogP contribution in [0.25, 0.3) is 10.9 Å². The number of ether oxygens (including phenoxy) is 1. The number of nitrogens with one attached hydrogen (secondary N) is 1. The van der Waals surface area contributed by atoms with E-state index >= 15 is 0 Å². The van der Waals surface area contributed by atoms with Crippen molar-refractivity contribution in [2.45, 2.75) is 50.4 Å². The number of nitrogens with zero attached hydrogens (tertiary/aromatic N) is 2. The number of anilines is 1. The van der Waals surface area contributed by atoms with Gasteiger partial charge in [0.15, 0.2) is 5.16 Å². The highest BCUT2D eigenvalue weighted by molar-refractivity contribution is 7.99. The van der Waals surface area contributed by atoms with Crippen molar-refractivity contribution in [3.8, 4) is 0 Å². The summed E-state index contributed by atoms with van der Waals surface area (Å²) in [6.45, 7) is 3.12. The van der Waals surface area contributed by atoms with Crippen LogP contribution in [0.3, 0.4) is 0 Å². The summed E-state index contributed by atoms with van der Waals surface area (Å²) < 4.78 is 7.25. The number of thioether (sulfide) groups is 1. The van der Waals surface area contributed by atoms with Gasteiger partial charge in [-0.25, -0.2) is 9.78 Å². The van der Waals surface area contributed by atoms with E-state index in [1.165, 1.54) is 28.3 Å². The molecule has 3 aromatic rings. The van der Waals surface area contributed by atoms with Crippen molar-refractivity contribution < 1.29 is 19.4 Å². The summed E-state index contributed by atoms with van der Waals surface area (Å²) in [5.41, 5.74) is 2.00. The Kier molecular flexibility index (Phi) is 7.64. The Morgan fingerprint density at radius 3 is 2.71 bits per heavy atom. The average molecular weight is 482 g/mol. The molecule has 34 heavy (non-hydrogen) atoms. The van der Waals surface area contributed by atoms with Crippen molar-refractivity contribution in [1.82, 2.24) is 9.55 Å². The number of carboxylic acids is 1. The fourth-order valence-electron chi connectivity index (χ4n) is 3.97. The molecule has 2 N–H and O–H groups in total. The normalized spacial score (nSPS) is 15.5. The number of amides is 1. The van der Waals surface area contributed by atoms with Gasteiger partial charge in [-0.2, -0.15) is 0 Å². The SMILES string of the molecule is CCCc1ccc(NC(=O)CSc2nc3cc(C(=O)O)ccc3c(=O)n2C[C@@H]2CCCO2)cc1. The molecule has 0 spiro atoms. The standard InChI is InChI=1S/C25H27N3O5S/c1-2-4-16-6-9-18(10-7-16)26-22(29)15-34-25-27-21-13-17(24(31)32)8-11-20(21)23(30)28(25)14-19-5-3-12-33-19/h6-11,13,19H,2-5,12,14-15H2,1H3,(H,26,29)(H,31,32)/t19-/m0/s1. The van der Waals surface area contributed by atoms with Gasteiger partial charge in [-0.15, -0.1) is 0 Å². The number of carbonyl (C=O) groups is 2. The summed E-state index contributed by atoms with van der Waals surface area (Å²) in [6, 6.07) is 12.0. The van der Waals surface area contributed by atoms with Gasteiger partial charge in [0.25, 0.3) is 5.56 Å². The highest BCUT2D eigenvalue weighted by Crippen LogP contribution is 2.22. The van der Waals surface area contributed by atoms with Crippen molar-refractivity contribution in [1.29, 1.82) is 0 Å². The van der Waals surface area contributed by atoms with Crippen LogP contribution in [0.2, 0.25) is 0 Å². The molecule has 0 unspecified atom stereocenters. The van der Waals surface area contributed by atoms with Gasteiger partial charge in [0, 0.05) is 12.3 Å². The van der Waals surface area contributed by atoms with Gasteiger partial charge in [0.1, 0.15) is 0 Å². The topological polar surface area (TPSA) is 111 Å². The number of aromatic nitrogens is 2. The maximum Gasteiger partial charge on any atom is 0.335 e. The van der Waals surface area contributed by atoms with E-state index in [1.54, 1.807) is 0 Å². The number of hydrogen-bond donors (Lipinski definition) is 2. The third kappa shape index (κ3) is 5.66. The molecule has 1 fully saturated rings. The predicted octanol–water partition coefficient (Wildman–Crippen LogP) is 3.96. The zero-order valence-corrected chi connectivity index (χ0v) is 19.8. The molecule has 1 aromatic heterocycles. The highest BCUT2D eigenvalue weighted by Gasteiger charge is 2.21. The third-order valence-corrected chi connectivity index (χ3v) is 6.66. The summed E-state index contributed by atoms with van der Waals surface area (Å²) in [7, 11) is 0. The van der Waals surface area contributed by atoms with Crippen LogP contribution in [0.5, 0.6) is 0 Å². The Hall–Kier alpha value is -3.17. The molecule has 4 rings (SSSR count). The van der Waals surface area contributed by atoms with E-state index in [0.717, 1.165) is 37.4 Å². The molecule has 9 heteroatoms. The maximum atomic E-state index is 13.2. The number of carboxylic acid groups (broad SMARTS) is 1. The summed E-state index contributed by atoms with van der Waals surface area (Å²) in [4.78, 5) is 41.8. The first-order chi connectivity index (χ1) is 16.4. The van der Waals surface area contributed by atoms with E-state index < -0.39 is 5.97 Å². The summed E-state index contributed by atoms with van der Waals surface area (Å²) in [5, 5.41) is 12.9. The second-order valence-electron chi connectivity index (χ2n) is 8.27. The van der Waals surface area contributed by atoms with Gasteiger partial charge in [0.2, 0.25) is 5.91 Å². The quantitative estimate of drug-likeness (QED) is 0.352. The first-order valence-electron chi connectivity index (χ1n) is 11.4. The number of benzene rings is 2. The van der Waals surface area contributed by atoms with E-state index in [9.17, 15) is 19.5 Å². The van der Waals surface area contributed by atoms with Crippen molar-refractivity contribution in [2.24, 2.45) is 0 Å². The molecule has 8 nitrogen and oxygen atoms in total. The number of aryl methyl sites for hydroxylation is 1. The monoisotopic (exact) mass is 481 g/mol. The molecule has 1 aliphatic heterocycles. The second kappa shape index (κ2) is 10.8. The van der Waals surface area contributed by atoms with Crippen molar-refractivity contribution >= 4 is 40.2 Å². The van der Waals surface area contributed by atoms with Crippen LogP contribution in [0, 0.1) is 0 Å². The van der Waals surface area contributed by atoms with Crippen molar-refractivity contribution in [3.63, 3.8) is 0 Å². The first kappa shape index (κ1) is 24.0. The molecule has 2 heterocycles. The lowest BCUT2D eigenvalue weighted by Gasteiger charge is -2.16. The number of fused-ring (bicyclic) bond motifs is 1. The molecule has 0 saturated carbocycles. The fourth-order valence-corrected chi connectivity index (χ4v) is 4.78. The molecule has 1 saturated heterocycles. The van der Waals surface area contributed by atoms with Gasteiger partial charge in [-0.05, 0) is 55.2 Å². The minimum Gasteiger partial charge on any atom is -0.478 e. The van der Waals surface area contributed by atoms with E-state index in [1.807, 2.05) is 24.3 Å². The van der Waals surface area contributed by atoms with Crippen molar-refractivity contribution in [3.05, 3.63) is 63.9 Å². The number of rotatable bonds is 9. The third-order valence-electron chi connectivity index (χ3n) is 5.69. The predicted molar refractivity (Wildman–Crippen MR) is 132 cm³/mol. The number of carbonyl (C=O) groups excluding carboxylic acids is 1. The Labute approximate surface area is 201 Å². The fraction of sp³-hybridized carbons (Fsp3) is 0.360. The van der Waals surface area contributed by atoms with E-state index in [-0.39, 0.29) is 28.9 Å². The van der Waals surface area contributed by atoms with Gasteiger partial charge >= 0.3 is 5.97 Å². The van der Waals surface area contributed by atoms with Gasteiger partial charge in [-0.3, -0.25) is 14.2 Å². The smallest absolute Gasteiger partial charge is 0.335 e. The van der Waals surface area contributed by atoms with E-state index in [0.29, 0.717) is 34.9 Å². The minimum absolute atomic E-state index is 0.0523. The molecular weight excluding hydrogens is 454 g/mol. The molecule has 0 aliphatic carbocycles. The first-order valence-corrected chi connectivity index (χ1v) is 12.3. The van der Waals surface area contributed by atoms with Crippen LogP contribution in [0.1, 0.15) is 42.1 Å². The Morgan fingerprint density at radius 1 is 1.24 bits per heavy atom. The molecule has 1 amide bonds. The largest absolute Gasteiger partial charge is 0.478 e. The second-order valence-corrected chi connectivity index (χ2v) is 9.21. The van der Waals surface area contributed by atoms with Crippen LogP contribution in [0.4, 0.5) is 5.69 Å². The molecule has 178 valence electrons. The molecule has 1 aliphatic rings. The highest BCUT2D eigenvalue weighted by atomic mass is 32.2. The van der Waals surface area contributed by atoms with Gasteiger partial charge < -0.3 is 15.2 Å². The Morgan fingerprint density at radius 2 is 2.03 bits per heavy atom. The van der Waals surface area contributed by atoms with Gasteiger partial charge in [0.05, 0.1) is 34.9 Å². The number of aromatic carboxylic acids is 1. The van der Waals surface area contributed by atoms with E-state index in [2.05, 4.69) is 17.2 Å². The lowest BCUT2D eigenvalue weighted by molar-refractivity contribution is -0.113. The zero-order chi connectivity index (χ0) is 24.1. The van der Waals surface area contributed by atoms with Crippen LogP contribution < -0.4 is 10.9 Å². The summed E-state index contributed by atoms with van der Waals surface area (Å²) in [6.07, 6.45) is 3.74. The Bertz CT molecular complexity index is 1250. The van der Waals surface area contributed by atoms with Crippen LogP contribution in [-0.2, 0) is 22.5 Å². The average Bonchev–Trinajstić information content (AvgIpc) is 3.34. The lowest BCUT2D eigenvalue weighted by Crippen LogP contribution is -2.29. The van der Waals surface area contributed by atoms with Crippen LogP contribution in [-0.4, -0.2) is 45.0 Å². The zero-order valence-electron chi connectivity index (χ0n) is 19.0. The maximum absolute atomic E-state index is 13.2. The van der Waals surface area contributed by atoms with E-state index in [4.69, 9.17) is 4.74 Å². The lowest BCUT2D eigenvalue weighted by atomic mass is 10.1. The summed E-state index contributed by atoms with van der Waals surface area (Å²) in [5.74, 6) is -1.25. The molecule has 2 aromatic carbocycles. The molecule has 1 atom stereocenters. The molecule has 0 bridgehead atoms. The van der Waals surface area contributed by atoms with Gasteiger partial charge in [-0.1, -0.05) is 37.2 Å². The minimum atomic E-state index is -1.09. The Balaban J connectivity index is 1.56. The molecule has 0 radical (unpaired) electrons. The van der Waals surface area contributed by atoms with Crippen molar-refractivity contribution in [2.75, 3.05) is 17.7 Å². The molecular formula is C25H27N3O5S.